The van der Waals surface area contributed by atoms with Gasteiger partial charge < -0.3 is 19.8 Å². The van der Waals surface area contributed by atoms with Crippen LogP contribution in [0.4, 0.5) is 0 Å². The lowest BCUT2D eigenvalue weighted by Gasteiger charge is -2.34. The van der Waals surface area contributed by atoms with Gasteiger partial charge in [-0.05, 0) is 25.7 Å². The van der Waals surface area contributed by atoms with Crippen molar-refractivity contribution in [2.24, 2.45) is 5.92 Å². The highest BCUT2D eigenvalue weighted by Crippen LogP contribution is 2.27. The summed E-state index contributed by atoms with van der Waals surface area (Å²) in [5, 5.41) is 17.2. The van der Waals surface area contributed by atoms with E-state index in [9.17, 15) is 14.7 Å². The van der Waals surface area contributed by atoms with Crippen LogP contribution in [0.3, 0.4) is 0 Å². The largest absolute Gasteiger partial charge is 0.391 e. The van der Waals surface area contributed by atoms with Gasteiger partial charge in [-0.3, -0.25) is 14.6 Å². The predicted molar refractivity (Wildman–Crippen MR) is 99.0 cm³/mol. The lowest BCUT2D eigenvalue weighted by molar-refractivity contribution is -0.137. The average molecular weight is 387 g/mol. The predicted octanol–water partition coefficient (Wildman–Crippen LogP) is 0.945. The van der Waals surface area contributed by atoms with E-state index in [1.165, 1.54) is 18.6 Å². The monoisotopic (exact) mass is 387 g/mol. The van der Waals surface area contributed by atoms with E-state index < -0.39 is 12.1 Å². The number of rotatable bonds is 6. The Bertz CT molecular complexity index is 810. The van der Waals surface area contributed by atoms with Gasteiger partial charge in [0.2, 0.25) is 5.91 Å². The summed E-state index contributed by atoms with van der Waals surface area (Å²) in [5.74, 6) is -0.0836. The SMILES string of the molecule is CCc1cc(CN(C)C(=O)[C@H]2CC[C@H](NC(=O)c3cnccn3)[C@@H](O)C2)on1. The molecule has 28 heavy (non-hydrogen) atoms. The van der Waals surface area contributed by atoms with Gasteiger partial charge in [-0.2, -0.15) is 0 Å². The zero-order valence-corrected chi connectivity index (χ0v) is 16.0. The van der Waals surface area contributed by atoms with E-state index in [1.807, 2.05) is 13.0 Å². The minimum absolute atomic E-state index is 0.0489. The zero-order valence-electron chi connectivity index (χ0n) is 16.0. The Balaban J connectivity index is 1.52. The molecule has 2 aromatic heterocycles. The third-order valence-corrected chi connectivity index (χ3v) is 5.02. The molecule has 2 amide bonds. The van der Waals surface area contributed by atoms with Gasteiger partial charge in [0.05, 0.1) is 30.6 Å². The standard InChI is InChI=1S/C19H25N5O4/c1-3-13-9-14(28-23-13)11-24(2)19(27)12-4-5-15(17(25)8-12)22-18(26)16-10-20-6-7-21-16/h6-7,9-10,12,15,17,25H,3-5,8,11H2,1-2H3,(H,22,26)/t12-,15-,17-/m0/s1. The molecule has 1 saturated carbocycles. The Morgan fingerprint density at radius 3 is 2.82 bits per heavy atom. The van der Waals surface area contributed by atoms with Crippen LogP contribution in [0.2, 0.25) is 0 Å². The number of carbonyl (C=O) groups is 2. The first-order chi connectivity index (χ1) is 13.5. The van der Waals surface area contributed by atoms with E-state index >= 15 is 0 Å². The van der Waals surface area contributed by atoms with Crippen LogP contribution in [0.25, 0.3) is 0 Å². The Morgan fingerprint density at radius 2 is 2.18 bits per heavy atom. The first-order valence-corrected chi connectivity index (χ1v) is 9.42. The van der Waals surface area contributed by atoms with Crippen LogP contribution in [0.15, 0.2) is 29.2 Å². The fraction of sp³-hybridized carbons (Fsp3) is 0.526. The molecule has 2 heterocycles. The number of nitrogens with one attached hydrogen (secondary N) is 1. The number of aromatic nitrogens is 3. The second-order valence-corrected chi connectivity index (χ2v) is 7.08. The van der Waals surface area contributed by atoms with E-state index in [4.69, 9.17) is 4.52 Å². The highest BCUT2D eigenvalue weighted by Gasteiger charge is 2.35. The molecular formula is C19H25N5O4. The number of carbonyl (C=O) groups excluding carboxylic acids is 2. The molecule has 2 N–H and O–H groups in total. The van der Waals surface area contributed by atoms with Crippen LogP contribution in [0, 0.1) is 5.92 Å². The number of amides is 2. The molecule has 0 radical (unpaired) electrons. The average Bonchev–Trinajstić information content (AvgIpc) is 3.17. The Hall–Kier alpha value is -2.81. The van der Waals surface area contributed by atoms with Crippen LogP contribution >= 0.6 is 0 Å². The third kappa shape index (κ3) is 4.72. The summed E-state index contributed by atoms with van der Waals surface area (Å²) in [6.07, 6.45) is 5.67. The quantitative estimate of drug-likeness (QED) is 0.756. The number of aryl methyl sites for hydroxylation is 1. The molecule has 0 bridgehead atoms. The summed E-state index contributed by atoms with van der Waals surface area (Å²) in [6, 6.07) is 1.43. The van der Waals surface area contributed by atoms with Crippen molar-refractivity contribution in [2.45, 2.75) is 51.3 Å². The summed E-state index contributed by atoms with van der Waals surface area (Å²) >= 11 is 0. The first kappa shape index (κ1) is 19.9. The van der Waals surface area contributed by atoms with Gasteiger partial charge in [0.25, 0.3) is 5.91 Å². The minimum atomic E-state index is -0.798. The Kier molecular flexibility index (Phi) is 6.35. The van der Waals surface area contributed by atoms with Gasteiger partial charge >= 0.3 is 0 Å². The normalized spacial score (nSPS) is 21.9. The van der Waals surface area contributed by atoms with Crippen molar-refractivity contribution in [1.29, 1.82) is 0 Å². The van der Waals surface area contributed by atoms with E-state index in [2.05, 4.69) is 20.4 Å². The van der Waals surface area contributed by atoms with Gasteiger partial charge in [0.15, 0.2) is 5.76 Å². The van der Waals surface area contributed by atoms with Crippen molar-refractivity contribution in [3.63, 3.8) is 0 Å². The molecule has 150 valence electrons. The second kappa shape index (κ2) is 8.92. The Labute approximate surface area is 163 Å². The van der Waals surface area contributed by atoms with Crippen LogP contribution in [0.5, 0.6) is 0 Å². The molecule has 1 aliphatic carbocycles. The molecule has 9 heteroatoms. The maximum atomic E-state index is 12.7. The molecule has 3 rings (SSSR count). The van der Waals surface area contributed by atoms with Gasteiger partial charge in [0.1, 0.15) is 5.69 Å². The number of aliphatic hydroxyl groups excluding tert-OH is 1. The van der Waals surface area contributed by atoms with Crippen LogP contribution < -0.4 is 5.32 Å². The van der Waals surface area contributed by atoms with Crippen molar-refractivity contribution in [2.75, 3.05) is 7.05 Å². The molecule has 0 spiro atoms. The van der Waals surface area contributed by atoms with E-state index in [0.29, 0.717) is 31.6 Å². The number of aliphatic hydroxyl groups is 1. The number of nitrogens with zero attached hydrogens (tertiary/aromatic N) is 4. The molecule has 2 aromatic rings. The molecule has 1 aliphatic rings. The zero-order chi connectivity index (χ0) is 20.1. The summed E-state index contributed by atoms with van der Waals surface area (Å²) in [5.41, 5.74) is 1.05. The smallest absolute Gasteiger partial charge is 0.271 e. The summed E-state index contributed by atoms with van der Waals surface area (Å²) in [7, 11) is 1.71. The highest BCUT2D eigenvalue weighted by atomic mass is 16.5. The number of hydrogen-bond acceptors (Lipinski definition) is 7. The lowest BCUT2D eigenvalue weighted by Crippen LogP contribution is -2.49. The first-order valence-electron chi connectivity index (χ1n) is 9.42. The van der Waals surface area contributed by atoms with Crippen molar-refractivity contribution < 1.29 is 19.2 Å². The molecule has 0 aliphatic heterocycles. The molecule has 0 saturated heterocycles. The molecule has 0 aromatic carbocycles. The fourth-order valence-corrected chi connectivity index (χ4v) is 3.42. The molecule has 0 unspecified atom stereocenters. The van der Waals surface area contributed by atoms with E-state index in [1.54, 1.807) is 11.9 Å². The van der Waals surface area contributed by atoms with Crippen molar-refractivity contribution in [3.8, 4) is 0 Å². The fourth-order valence-electron chi connectivity index (χ4n) is 3.42. The van der Waals surface area contributed by atoms with Crippen molar-refractivity contribution in [1.82, 2.24) is 25.3 Å². The molecular weight excluding hydrogens is 362 g/mol. The summed E-state index contributed by atoms with van der Waals surface area (Å²) in [6.45, 7) is 2.32. The van der Waals surface area contributed by atoms with Gasteiger partial charge in [0, 0.05) is 31.4 Å². The maximum Gasteiger partial charge on any atom is 0.271 e. The van der Waals surface area contributed by atoms with Crippen LogP contribution in [-0.2, 0) is 17.8 Å². The van der Waals surface area contributed by atoms with Crippen LogP contribution in [-0.4, -0.2) is 56.1 Å². The Morgan fingerprint density at radius 1 is 1.36 bits per heavy atom. The highest BCUT2D eigenvalue weighted by molar-refractivity contribution is 5.92. The summed E-state index contributed by atoms with van der Waals surface area (Å²) < 4.78 is 5.24. The molecule has 1 fully saturated rings. The maximum absolute atomic E-state index is 12.7. The summed E-state index contributed by atoms with van der Waals surface area (Å²) in [4.78, 5) is 34.3. The van der Waals surface area contributed by atoms with E-state index in [0.717, 1.165) is 12.1 Å². The van der Waals surface area contributed by atoms with Crippen LogP contribution in [0.1, 0.15) is 48.1 Å². The van der Waals surface area contributed by atoms with Gasteiger partial charge in [-0.25, -0.2) is 4.98 Å². The molecule has 9 nitrogen and oxygen atoms in total. The topological polar surface area (TPSA) is 121 Å². The van der Waals surface area contributed by atoms with E-state index in [-0.39, 0.29) is 23.4 Å². The van der Waals surface area contributed by atoms with Gasteiger partial charge in [-0.15, -0.1) is 0 Å². The minimum Gasteiger partial charge on any atom is -0.391 e. The molecule has 3 atom stereocenters. The van der Waals surface area contributed by atoms with Gasteiger partial charge in [-0.1, -0.05) is 12.1 Å². The number of hydrogen-bond donors (Lipinski definition) is 2. The van der Waals surface area contributed by atoms with Crippen molar-refractivity contribution >= 4 is 11.8 Å². The third-order valence-electron chi connectivity index (χ3n) is 5.02. The lowest BCUT2D eigenvalue weighted by atomic mass is 9.83. The second-order valence-electron chi connectivity index (χ2n) is 7.08. The van der Waals surface area contributed by atoms with Crippen molar-refractivity contribution in [3.05, 3.63) is 41.8 Å².